The Labute approximate surface area is 107 Å². The molecule has 1 aromatic rings. The lowest BCUT2D eigenvalue weighted by Crippen LogP contribution is -1.94. The molecule has 92 valence electrons. The van der Waals surface area contributed by atoms with Gasteiger partial charge in [-0.25, -0.2) is 0 Å². The lowest BCUT2D eigenvalue weighted by molar-refractivity contribution is 0.167. The van der Waals surface area contributed by atoms with Crippen molar-refractivity contribution in [2.24, 2.45) is 0 Å². The van der Waals surface area contributed by atoms with Gasteiger partial charge in [0.2, 0.25) is 0 Å². The molecule has 0 fully saturated rings. The van der Waals surface area contributed by atoms with E-state index in [2.05, 4.69) is 6.92 Å². The van der Waals surface area contributed by atoms with Gasteiger partial charge in [0.1, 0.15) is 0 Å². The highest BCUT2D eigenvalue weighted by atomic mass is 35.5. The maximum absolute atomic E-state index is 9.97. The molecule has 0 bridgehead atoms. The first-order valence-electron chi connectivity index (χ1n) is 6.09. The molecule has 1 heterocycles. The second kappa shape index (κ2) is 7.31. The summed E-state index contributed by atoms with van der Waals surface area (Å²) in [5.74, 6) is 0. The molecule has 0 saturated carbocycles. The second-order valence-corrected chi connectivity index (χ2v) is 6.01. The van der Waals surface area contributed by atoms with Gasteiger partial charge in [-0.1, -0.05) is 50.6 Å². The molecule has 1 aromatic heterocycles. The summed E-state index contributed by atoms with van der Waals surface area (Å²) in [5, 5.41) is 9.97. The van der Waals surface area contributed by atoms with Gasteiger partial charge in [0.25, 0.3) is 0 Å². The van der Waals surface area contributed by atoms with Crippen LogP contribution in [0.15, 0.2) is 6.07 Å². The van der Waals surface area contributed by atoms with Crippen molar-refractivity contribution < 1.29 is 5.11 Å². The molecule has 0 saturated heterocycles. The van der Waals surface area contributed by atoms with Crippen LogP contribution in [0.5, 0.6) is 0 Å². The van der Waals surface area contributed by atoms with Crippen LogP contribution < -0.4 is 0 Å². The molecule has 1 N–H and O–H groups in total. The Morgan fingerprint density at radius 2 is 2.00 bits per heavy atom. The molecule has 1 unspecified atom stereocenters. The van der Waals surface area contributed by atoms with Gasteiger partial charge in [-0.15, -0.1) is 11.3 Å². The SMILES string of the molecule is CCCCCCCC(O)c1cc(C)c(Cl)s1. The number of hydrogen-bond acceptors (Lipinski definition) is 2. The van der Waals surface area contributed by atoms with Gasteiger partial charge in [-0.05, 0) is 25.0 Å². The van der Waals surface area contributed by atoms with Crippen molar-refractivity contribution in [3.63, 3.8) is 0 Å². The number of aliphatic hydroxyl groups excluding tert-OH is 1. The molecular weight excluding hydrogens is 240 g/mol. The van der Waals surface area contributed by atoms with Gasteiger partial charge in [0, 0.05) is 4.88 Å². The van der Waals surface area contributed by atoms with Crippen molar-refractivity contribution in [3.8, 4) is 0 Å². The number of rotatable bonds is 7. The molecule has 0 amide bonds. The van der Waals surface area contributed by atoms with Crippen molar-refractivity contribution in [2.45, 2.75) is 58.5 Å². The van der Waals surface area contributed by atoms with Crippen LogP contribution in [-0.2, 0) is 0 Å². The highest BCUT2D eigenvalue weighted by Gasteiger charge is 2.11. The topological polar surface area (TPSA) is 20.2 Å². The molecule has 16 heavy (non-hydrogen) atoms. The Bertz CT molecular complexity index is 289. The van der Waals surface area contributed by atoms with Crippen LogP contribution in [0.25, 0.3) is 0 Å². The number of unbranched alkanes of at least 4 members (excludes halogenated alkanes) is 4. The summed E-state index contributed by atoms with van der Waals surface area (Å²) in [6.07, 6.45) is 6.73. The van der Waals surface area contributed by atoms with Crippen LogP contribution in [0.3, 0.4) is 0 Å². The van der Waals surface area contributed by atoms with Crippen molar-refractivity contribution >= 4 is 22.9 Å². The van der Waals surface area contributed by atoms with Crippen molar-refractivity contribution in [1.82, 2.24) is 0 Å². The fourth-order valence-corrected chi connectivity index (χ4v) is 2.97. The summed E-state index contributed by atoms with van der Waals surface area (Å²) in [7, 11) is 0. The number of aliphatic hydroxyl groups is 1. The van der Waals surface area contributed by atoms with E-state index < -0.39 is 0 Å². The average Bonchev–Trinajstić information content (AvgIpc) is 2.59. The summed E-state index contributed by atoms with van der Waals surface area (Å²) in [6.45, 7) is 4.20. The summed E-state index contributed by atoms with van der Waals surface area (Å²) in [4.78, 5) is 1.01. The largest absolute Gasteiger partial charge is 0.388 e. The summed E-state index contributed by atoms with van der Waals surface area (Å²) in [6, 6.07) is 2.00. The lowest BCUT2D eigenvalue weighted by Gasteiger charge is -2.07. The van der Waals surface area contributed by atoms with Gasteiger partial charge < -0.3 is 5.11 Å². The second-order valence-electron chi connectivity index (χ2n) is 4.32. The summed E-state index contributed by atoms with van der Waals surface area (Å²) >= 11 is 7.49. The van der Waals surface area contributed by atoms with Crippen LogP contribution in [0.4, 0.5) is 0 Å². The monoisotopic (exact) mass is 260 g/mol. The zero-order chi connectivity index (χ0) is 12.0. The summed E-state index contributed by atoms with van der Waals surface area (Å²) < 4.78 is 0.806. The van der Waals surface area contributed by atoms with Gasteiger partial charge in [0.15, 0.2) is 0 Å². The van der Waals surface area contributed by atoms with E-state index in [1.807, 2.05) is 13.0 Å². The van der Waals surface area contributed by atoms with Gasteiger partial charge >= 0.3 is 0 Å². The average molecular weight is 261 g/mol. The van der Waals surface area contributed by atoms with E-state index in [-0.39, 0.29) is 6.10 Å². The Morgan fingerprint density at radius 3 is 2.56 bits per heavy atom. The first-order chi connectivity index (χ1) is 7.65. The zero-order valence-corrected chi connectivity index (χ0v) is 11.7. The third-order valence-corrected chi connectivity index (χ3v) is 4.44. The lowest BCUT2D eigenvalue weighted by atomic mass is 10.1. The van der Waals surface area contributed by atoms with E-state index in [9.17, 15) is 5.11 Å². The predicted octanol–water partition coefficient (Wildman–Crippen LogP) is 5.10. The first-order valence-corrected chi connectivity index (χ1v) is 7.28. The fraction of sp³-hybridized carbons (Fsp3) is 0.692. The molecule has 0 aliphatic rings. The Morgan fingerprint density at radius 1 is 1.31 bits per heavy atom. The van der Waals surface area contributed by atoms with E-state index in [0.717, 1.165) is 27.6 Å². The molecule has 0 aromatic carbocycles. The molecule has 0 aliphatic heterocycles. The molecule has 1 atom stereocenters. The zero-order valence-electron chi connectivity index (χ0n) is 10.1. The number of aryl methyl sites for hydroxylation is 1. The van der Waals surface area contributed by atoms with Gasteiger partial charge in [-0.2, -0.15) is 0 Å². The Balaban J connectivity index is 2.27. The van der Waals surface area contributed by atoms with Gasteiger partial charge in [0.05, 0.1) is 10.4 Å². The van der Waals surface area contributed by atoms with E-state index >= 15 is 0 Å². The molecular formula is C13H21ClOS. The van der Waals surface area contributed by atoms with E-state index in [1.165, 1.54) is 37.0 Å². The van der Waals surface area contributed by atoms with Gasteiger partial charge in [-0.3, -0.25) is 0 Å². The molecule has 0 aliphatic carbocycles. The van der Waals surface area contributed by atoms with Crippen molar-refractivity contribution in [2.75, 3.05) is 0 Å². The molecule has 0 spiro atoms. The first kappa shape index (κ1) is 14.0. The molecule has 1 rings (SSSR count). The molecule has 0 radical (unpaired) electrons. The maximum atomic E-state index is 9.97. The highest BCUT2D eigenvalue weighted by Crippen LogP contribution is 2.33. The Hall–Kier alpha value is -0.0500. The van der Waals surface area contributed by atoms with E-state index in [0.29, 0.717) is 0 Å². The van der Waals surface area contributed by atoms with Crippen molar-refractivity contribution in [1.29, 1.82) is 0 Å². The van der Waals surface area contributed by atoms with E-state index in [1.54, 1.807) is 0 Å². The standard InChI is InChI=1S/C13H21ClOS/c1-3-4-5-6-7-8-11(15)12-9-10(2)13(14)16-12/h9,11,15H,3-8H2,1-2H3. The number of halogens is 1. The summed E-state index contributed by atoms with van der Waals surface area (Å²) in [5.41, 5.74) is 1.08. The third kappa shape index (κ3) is 4.44. The number of hydrogen-bond donors (Lipinski definition) is 1. The third-order valence-electron chi connectivity index (χ3n) is 2.79. The highest BCUT2D eigenvalue weighted by molar-refractivity contribution is 7.16. The molecule has 1 nitrogen and oxygen atoms in total. The Kier molecular flexibility index (Phi) is 6.40. The minimum absolute atomic E-state index is 0.321. The van der Waals surface area contributed by atoms with Crippen LogP contribution in [0, 0.1) is 6.92 Å². The van der Waals surface area contributed by atoms with Crippen LogP contribution in [0.1, 0.15) is 62.0 Å². The molecule has 3 heteroatoms. The van der Waals surface area contributed by atoms with Crippen LogP contribution in [0.2, 0.25) is 4.34 Å². The minimum atomic E-state index is -0.321. The smallest absolute Gasteiger partial charge is 0.0961 e. The quantitative estimate of drug-likeness (QED) is 0.676. The maximum Gasteiger partial charge on any atom is 0.0961 e. The van der Waals surface area contributed by atoms with E-state index in [4.69, 9.17) is 11.6 Å². The minimum Gasteiger partial charge on any atom is -0.388 e. The van der Waals surface area contributed by atoms with Crippen LogP contribution in [-0.4, -0.2) is 5.11 Å². The number of thiophene rings is 1. The van der Waals surface area contributed by atoms with Crippen LogP contribution >= 0.6 is 22.9 Å². The fourth-order valence-electron chi connectivity index (χ4n) is 1.73. The predicted molar refractivity (Wildman–Crippen MR) is 72.4 cm³/mol. The normalized spacial score (nSPS) is 13.0. The van der Waals surface area contributed by atoms with Crippen molar-refractivity contribution in [3.05, 3.63) is 20.8 Å².